The first kappa shape index (κ1) is 12.7. The quantitative estimate of drug-likeness (QED) is 0.821. The second-order valence-electron chi connectivity index (χ2n) is 4.01. The molecule has 0 saturated carbocycles. The molecule has 1 N–H and O–H groups in total. The van der Waals surface area contributed by atoms with Gasteiger partial charge < -0.3 is 5.32 Å². The molecule has 2 heteroatoms. The maximum Gasteiger partial charge on any atom is 0.0675 e. The molecule has 0 bridgehead atoms. The summed E-state index contributed by atoms with van der Waals surface area (Å²) in [7, 11) is 1.92. The van der Waals surface area contributed by atoms with Crippen molar-refractivity contribution in [3.63, 3.8) is 0 Å². The molecule has 16 heavy (non-hydrogen) atoms. The van der Waals surface area contributed by atoms with Crippen LogP contribution in [0.2, 0.25) is 0 Å². The molecule has 1 rings (SSSR count). The molecule has 0 heterocycles. The number of nitriles is 1. The fourth-order valence-corrected chi connectivity index (χ4v) is 1.96. The number of benzene rings is 1. The summed E-state index contributed by atoms with van der Waals surface area (Å²) >= 11 is 0. The van der Waals surface area contributed by atoms with Crippen LogP contribution in [0.3, 0.4) is 0 Å². The molecule has 2 nitrogen and oxygen atoms in total. The minimum Gasteiger partial charge on any atom is -0.312 e. The van der Waals surface area contributed by atoms with E-state index in [4.69, 9.17) is 5.26 Å². The summed E-state index contributed by atoms with van der Waals surface area (Å²) in [4.78, 5) is 0. The van der Waals surface area contributed by atoms with Gasteiger partial charge in [0, 0.05) is 6.04 Å². The Kier molecular flexibility index (Phi) is 5.01. The number of nitrogens with one attached hydrogen (secondary N) is 1. The standard InChI is InChI=1S/C14H20N2/c1-4-11-6-8-13(9-7-11)14(16-3)12(5-2)10-15/h6-9,12,14,16H,4-5H2,1-3H3. The van der Waals surface area contributed by atoms with E-state index < -0.39 is 0 Å². The van der Waals surface area contributed by atoms with Crippen LogP contribution in [-0.4, -0.2) is 7.05 Å². The summed E-state index contributed by atoms with van der Waals surface area (Å²) in [6, 6.07) is 11.0. The second-order valence-corrected chi connectivity index (χ2v) is 4.01. The van der Waals surface area contributed by atoms with Crippen molar-refractivity contribution in [3.05, 3.63) is 35.4 Å². The summed E-state index contributed by atoms with van der Waals surface area (Å²) in [5, 5.41) is 12.3. The van der Waals surface area contributed by atoms with Gasteiger partial charge in [0.25, 0.3) is 0 Å². The van der Waals surface area contributed by atoms with Gasteiger partial charge in [-0.15, -0.1) is 0 Å². The number of hydrogen-bond acceptors (Lipinski definition) is 2. The molecular formula is C14H20N2. The van der Waals surface area contributed by atoms with Gasteiger partial charge in [0.1, 0.15) is 0 Å². The molecule has 0 radical (unpaired) electrons. The van der Waals surface area contributed by atoms with Gasteiger partial charge >= 0.3 is 0 Å². The van der Waals surface area contributed by atoms with Crippen molar-refractivity contribution in [2.45, 2.75) is 32.7 Å². The molecule has 1 aromatic rings. The van der Waals surface area contributed by atoms with E-state index in [2.05, 4.69) is 49.5 Å². The highest BCUT2D eigenvalue weighted by Gasteiger charge is 2.19. The lowest BCUT2D eigenvalue weighted by Crippen LogP contribution is -2.24. The molecule has 2 atom stereocenters. The van der Waals surface area contributed by atoms with E-state index >= 15 is 0 Å². The third kappa shape index (κ3) is 2.84. The lowest BCUT2D eigenvalue weighted by Gasteiger charge is -2.21. The van der Waals surface area contributed by atoms with E-state index in [9.17, 15) is 0 Å². The summed E-state index contributed by atoms with van der Waals surface area (Å²) in [5.74, 6) is 0.0393. The zero-order chi connectivity index (χ0) is 12.0. The fraction of sp³-hybridized carbons (Fsp3) is 0.500. The number of rotatable bonds is 5. The molecule has 0 aliphatic carbocycles. The zero-order valence-electron chi connectivity index (χ0n) is 10.3. The molecule has 1 aromatic carbocycles. The maximum atomic E-state index is 9.10. The number of aryl methyl sites for hydroxylation is 1. The monoisotopic (exact) mass is 216 g/mol. The van der Waals surface area contributed by atoms with Crippen molar-refractivity contribution in [1.29, 1.82) is 5.26 Å². The molecule has 0 amide bonds. The van der Waals surface area contributed by atoms with E-state index in [0.29, 0.717) is 0 Å². The minimum atomic E-state index is 0.0393. The van der Waals surface area contributed by atoms with E-state index in [1.54, 1.807) is 0 Å². The highest BCUT2D eigenvalue weighted by molar-refractivity contribution is 5.26. The van der Waals surface area contributed by atoms with Crippen LogP contribution in [0, 0.1) is 17.2 Å². The largest absolute Gasteiger partial charge is 0.312 e. The predicted octanol–water partition coefficient (Wildman–Crippen LogP) is 3.06. The first-order valence-electron chi connectivity index (χ1n) is 5.92. The summed E-state index contributed by atoms with van der Waals surface area (Å²) in [5.41, 5.74) is 2.54. The normalized spacial score (nSPS) is 14.1. The Morgan fingerprint density at radius 1 is 1.25 bits per heavy atom. The van der Waals surface area contributed by atoms with Gasteiger partial charge in [-0.05, 0) is 31.0 Å². The molecule has 0 aromatic heterocycles. The van der Waals surface area contributed by atoms with Crippen molar-refractivity contribution in [1.82, 2.24) is 5.32 Å². The second kappa shape index (κ2) is 6.30. The smallest absolute Gasteiger partial charge is 0.0675 e. The Labute approximate surface area is 98.3 Å². The Balaban J connectivity index is 2.91. The Morgan fingerprint density at radius 2 is 1.88 bits per heavy atom. The molecular weight excluding hydrogens is 196 g/mol. The van der Waals surface area contributed by atoms with Crippen LogP contribution in [0.15, 0.2) is 24.3 Å². The van der Waals surface area contributed by atoms with Crippen LogP contribution in [0.5, 0.6) is 0 Å². The van der Waals surface area contributed by atoms with Crippen LogP contribution in [0.25, 0.3) is 0 Å². The highest BCUT2D eigenvalue weighted by Crippen LogP contribution is 2.24. The van der Waals surface area contributed by atoms with Gasteiger partial charge in [0.05, 0.1) is 12.0 Å². The Bertz CT molecular complexity index is 348. The topological polar surface area (TPSA) is 35.8 Å². The number of nitrogens with zero attached hydrogens (tertiary/aromatic N) is 1. The first-order valence-corrected chi connectivity index (χ1v) is 5.92. The SMILES string of the molecule is CCc1ccc(C(NC)C(C#N)CC)cc1. The van der Waals surface area contributed by atoms with Gasteiger partial charge in [0.2, 0.25) is 0 Å². The summed E-state index contributed by atoms with van der Waals surface area (Å²) < 4.78 is 0. The molecule has 0 spiro atoms. The Morgan fingerprint density at radius 3 is 2.25 bits per heavy atom. The van der Waals surface area contributed by atoms with Crippen LogP contribution < -0.4 is 5.32 Å². The van der Waals surface area contributed by atoms with Gasteiger partial charge in [-0.1, -0.05) is 38.1 Å². The van der Waals surface area contributed by atoms with Crippen molar-refractivity contribution < 1.29 is 0 Å². The van der Waals surface area contributed by atoms with E-state index in [-0.39, 0.29) is 12.0 Å². The van der Waals surface area contributed by atoms with Crippen molar-refractivity contribution >= 4 is 0 Å². The van der Waals surface area contributed by atoms with Crippen LogP contribution in [-0.2, 0) is 6.42 Å². The lowest BCUT2D eigenvalue weighted by atomic mass is 9.91. The predicted molar refractivity (Wildman–Crippen MR) is 67.0 cm³/mol. The van der Waals surface area contributed by atoms with E-state index in [1.807, 2.05) is 7.05 Å². The van der Waals surface area contributed by atoms with Gasteiger partial charge in [-0.3, -0.25) is 0 Å². The number of hydrogen-bond donors (Lipinski definition) is 1. The van der Waals surface area contributed by atoms with Crippen LogP contribution in [0.1, 0.15) is 37.4 Å². The van der Waals surface area contributed by atoms with Crippen molar-refractivity contribution in [3.8, 4) is 6.07 Å². The summed E-state index contributed by atoms with van der Waals surface area (Å²) in [6.07, 6.45) is 1.93. The zero-order valence-corrected chi connectivity index (χ0v) is 10.3. The van der Waals surface area contributed by atoms with E-state index in [0.717, 1.165) is 12.8 Å². The van der Waals surface area contributed by atoms with Crippen LogP contribution >= 0.6 is 0 Å². The molecule has 86 valence electrons. The van der Waals surface area contributed by atoms with E-state index in [1.165, 1.54) is 11.1 Å². The van der Waals surface area contributed by atoms with Crippen LogP contribution in [0.4, 0.5) is 0 Å². The highest BCUT2D eigenvalue weighted by atomic mass is 14.9. The summed E-state index contributed by atoms with van der Waals surface area (Å²) in [6.45, 7) is 4.20. The molecule has 0 aliphatic rings. The lowest BCUT2D eigenvalue weighted by molar-refractivity contribution is 0.449. The van der Waals surface area contributed by atoms with Gasteiger partial charge in [0.15, 0.2) is 0 Å². The Hall–Kier alpha value is -1.33. The molecule has 0 fully saturated rings. The third-order valence-electron chi connectivity index (χ3n) is 3.07. The van der Waals surface area contributed by atoms with Crippen molar-refractivity contribution in [2.75, 3.05) is 7.05 Å². The maximum absolute atomic E-state index is 9.10. The average Bonchev–Trinajstić information content (AvgIpc) is 2.36. The minimum absolute atomic E-state index is 0.0393. The molecule has 0 aliphatic heterocycles. The first-order chi connectivity index (χ1) is 7.76. The fourth-order valence-electron chi connectivity index (χ4n) is 1.96. The van der Waals surface area contributed by atoms with Crippen molar-refractivity contribution in [2.24, 2.45) is 5.92 Å². The third-order valence-corrected chi connectivity index (χ3v) is 3.07. The molecule has 0 saturated heterocycles. The average molecular weight is 216 g/mol. The van der Waals surface area contributed by atoms with Gasteiger partial charge in [-0.2, -0.15) is 5.26 Å². The van der Waals surface area contributed by atoms with Gasteiger partial charge in [-0.25, -0.2) is 0 Å². The molecule has 2 unspecified atom stereocenters.